The fourth-order valence-corrected chi connectivity index (χ4v) is 2.92. The van der Waals surface area contributed by atoms with Crippen molar-refractivity contribution in [2.45, 2.75) is 18.5 Å². The second kappa shape index (κ2) is 8.58. The van der Waals surface area contributed by atoms with Crippen LogP contribution in [0.5, 0.6) is 11.5 Å². The fourth-order valence-electron chi connectivity index (χ4n) is 2.30. The minimum Gasteiger partial charge on any atom is -0.497 e. The van der Waals surface area contributed by atoms with Gasteiger partial charge < -0.3 is 9.47 Å². The van der Waals surface area contributed by atoms with Crippen molar-refractivity contribution in [3.8, 4) is 22.9 Å². The molecule has 3 aromatic rings. The third-order valence-electron chi connectivity index (χ3n) is 3.74. The molecule has 1 N–H and O–H groups in total. The summed E-state index contributed by atoms with van der Waals surface area (Å²) in [7, 11) is 1.65. The standard InChI is InChI=1S/C19H21N3O2S/c1-3-14-4-6-15(7-5-14)18-20-19(22-21-18)25-13-12-24-17-10-8-16(23-2)9-11-17/h4-11H,3,12-13H2,1-2H3,(H,20,21,22). The third kappa shape index (κ3) is 4.76. The van der Waals surface area contributed by atoms with Gasteiger partial charge in [0.2, 0.25) is 5.16 Å². The molecule has 6 heteroatoms. The summed E-state index contributed by atoms with van der Waals surface area (Å²) in [5.74, 6) is 3.22. The molecule has 0 aliphatic carbocycles. The summed E-state index contributed by atoms with van der Waals surface area (Å²) in [6, 6.07) is 15.9. The molecule has 1 heterocycles. The Bertz CT molecular complexity index is 785. The van der Waals surface area contributed by atoms with Crippen molar-refractivity contribution >= 4 is 11.8 Å². The molecule has 0 fully saturated rings. The quantitative estimate of drug-likeness (QED) is 0.484. The van der Waals surface area contributed by atoms with Gasteiger partial charge in [-0.15, -0.1) is 5.10 Å². The predicted octanol–water partition coefficient (Wildman–Crippen LogP) is 4.21. The summed E-state index contributed by atoms with van der Waals surface area (Å²) in [5, 5.41) is 7.98. The van der Waals surface area contributed by atoms with Gasteiger partial charge in [0.05, 0.1) is 13.7 Å². The second-order valence-corrected chi connectivity index (χ2v) is 6.45. The smallest absolute Gasteiger partial charge is 0.208 e. The van der Waals surface area contributed by atoms with Crippen LogP contribution in [0, 0.1) is 0 Å². The zero-order valence-electron chi connectivity index (χ0n) is 14.4. The SMILES string of the molecule is CCc1ccc(-c2nc(SCCOc3ccc(OC)cc3)n[nH]2)cc1. The van der Waals surface area contributed by atoms with E-state index in [1.165, 1.54) is 5.56 Å². The molecular formula is C19H21N3O2S. The van der Waals surface area contributed by atoms with Gasteiger partial charge in [-0.25, -0.2) is 4.98 Å². The summed E-state index contributed by atoms with van der Waals surface area (Å²) >= 11 is 1.57. The Hall–Kier alpha value is -2.47. The highest BCUT2D eigenvalue weighted by atomic mass is 32.2. The second-order valence-electron chi connectivity index (χ2n) is 5.39. The van der Waals surface area contributed by atoms with Crippen LogP contribution >= 0.6 is 11.8 Å². The zero-order chi connectivity index (χ0) is 17.5. The molecule has 130 valence electrons. The van der Waals surface area contributed by atoms with Gasteiger partial charge in [0.15, 0.2) is 5.82 Å². The van der Waals surface area contributed by atoms with Crippen molar-refractivity contribution in [2.24, 2.45) is 0 Å². The average molecular weight is 355 g/mol. The Balaban J connectivity index is 1.47. The van der Waals surface area contributed by atoms with Gasteiger partial charge >= 0.3 is 0 Å². The Labute approximate surface area is 151 Å². The Morgan fingerprint density at radius 2 is 1.72 bits per heavy atom. The molecule has 0 amide bonds. The highest BCUT2D eigenvalue weighted by molar-refractivity contribution is 7.99. The summed E-state index contributed by atoms with van der Waals surface area (Å²) in [6.45, 7) is 2.73. The number of hydrogen-bond donors (Lipinski definition) is 1. The number of aromatic amines is 1. The summed E-state index contributed by atoms with van der Waals surface area (Å²) < 4.78 is 10.8. The number of nitrogens with zero attached hydrogens (tertiary/aromatic N) is 2. The highest BCUT2D eigenvalue weighted by Crippen LogP contribution is 2.21. The maximum Gasteiger partial charge on any atom is 0.208 e. The number of aromatic nitrogens is 3. The number of thioether (sulfide) groups is 1. The summed E-state index contributed by atoms with van der Waals surface area (Å²) in [5.41, 5.74) is 2.36. The van der Waals surface area contributed by atoms with Crippen molar-refractivity contribution in [1.82, 2.24) is 15.2 Å². The first-order chi connectivity index (χ1) is 12.3. The van der Waals surface area contributed by atoms with Gasteiger partial charge in [0.1, 0.15) is 11.5 Å². The molecule has 1 aromatic heterocycles. The molecule has 0 saturated heterocycles. The molecule has 5 nitrogen and oxygen atoms in total. The van der Waals surface area contributed by atoms with Gasteiger partial charge in [-0.3, -0.25) is 5.10 Å². The maximum atomic E-state index is 5.70. The first-order valence-corrected chi connectivity index (χ1v) is 9.18. The molecule has 25 heavy (non-hydrogen) atoms. The molecule has 0 aliphatic heterocycles. The number of H-pyrrole nitrogens is 1. The van der Waals surface area contributed by atoms with Crippen LogP contribution in [-0.2, 0) is 6.42 Å². The number of aryl methyl sites for hydroxylation is 1. The first-order valence-electron chi connectivity index (χ1n) is 8.20. The molecule has 0 saturated carbocycles. The number of methoxy groups -OCH3 is 1. The lowest BCUT2D eigenvalue weighted by Crippen LogP contribution is -2.00. The number of benzene rings is 2. The van der Waals surface area contributed by atoms with Gasteiger partial charge in [-0.1, -0.05) is 43.0 Å². The molecule has 2 aromatic carbocycles. The van der Waals surface area contributed by atoms with Gasteiger partial charge in [-0.2, -0.15) is 0 Å². The van der Waals surface area contributed by atoms with Crippen LogP contribution in [0.15, 0.2) is 53.7 Å². The lowest BCUT2D eigenvalue weighted by Gasteiger charge is -2.05. The van der Waals surface area contributed by atoms with E-state index in [9.17, 15) is 0 Å². The van der Waals surface area contributed by atoms with Crippen molar-refractivity contribution in [3.05, 3.63) is 54.1 Å². The highest BCUT2D eigenvalue weighted by Gasteiger charge is 2.06. The van der Waals surface area contributed by atoms with Crippen LogP contribution in [0.4, 0.5) is 0 Å². The third-order valence-corrected chi connectivity index (χ3v) is 4.55. The van der Waals surface area contributed by atoms with Crippen LogP contribution in [0.1, 0.15) is 12.5 Å². The summed E-state index contributed by atoms with van der Waals surface area (Å²) in [6.07, 6.45) is 1.03. The van der Waals surface area contributed by atoms with E-state index in [1.807, 2.05) is 24.3 Å². The van der Waals surface area contributed by atoms with E-state index < -0.39 is 0 Å². The molecule has 0 aliphatic rings. The van der Waals surface area contributed by atoms with E-state index in [0.717, 1.165) is 40.2 Å². The first kappa shape index (κ1) is 17.4. The maximum absolute atomic E-state index is 5.70. The minimum absolute atomic E-state index is 0.589. The van der Waals surface area contributed by atoms with Crippen LogP contribution in [0.3, 0.4) is 0 Å². The molecule has 0 unspecified atom stereocenters. The Morgan fingerprint density at radius 1 is 1.00 bits per heavy atom. The minimum atomic E-state index is 0.589. The molecule has 0 atom stereocenters. The van der Waals surface area contributed by atoms with E-state index in [1.54, 1.807) is 18.9 Å². The normalized spacial score (nSPS) is 10.6. The van der Waals surface area contributed by atoms with Crippen molar-refractivity contribution in [2.75, 3.05) is 19.5 Å². The van der Waals surface area contributed by atoms with Crippen molar-refractivity contribution < 1.29 is 9.47 Å². The molecule has 0 spiro atoms. The predicted molar refractivity (Wildman–Crippen MR) is 100 cm³/mol. The lowest BCUT2D eigenvalue weighted by molar-refractivity contribution is 0.342. The molecule has 3 rings (SSSR count). The fraction of sp³-hybridized carbons (Fsp3) is 0.263. The average Bonchev–Trinajstić information content (AvgIpc) is 3.15. The number of nitrogens with one attached hydrogen (secondary N) is 1. The molecule has 0 bridgehead atoms. The Morgan fingerprint density at radius 3 is 2.40 bits per heavy atom. The van der Waals surface area contributed by atoms with Gasteiger partial charge in [0, 0.05) is 11.3 Å². The Kier molecular flexibility index (Phi) is 5.95. The number of hydrogen-bond acceptors (Lipinski definition) is 5. The molecule has 0 radical (unpaired) electrons. The zero-order valence-corrected chi connectivity index (χ0v) is 15.2. The van der Waals surface area contributed by atoms with E-state index in [0.29, 0.717) is 6.61 Å². The largest absolute Gasteiger partial charge is 0.497 e. The lowest BCUT2D eigenvalue weighted by atomic mass is 10.1. The van der Waals surface area contributed by atoms with E-state index >= 15 is 0 Å². The number of rotatable bonds is 8. The van der Waals surface area contributed by atoms with E-state index in [2.05, 4.69) is 46.4 Å². The van der Waals surface area contributed by atoms with Gasteiger partial charge in [0.25, 0.3) is 0 Å². The summed E-state index contributed by atoms with van der Waals surface area (Å²) in [4.78, 5) is 4.53. The van der Waals surface area contributed by atoms with E-state index in [4.69, 9.17) is 9.47 Å². The van der Waals surface area contributed by atoms with E-state index in [-0.39, 0.29) is 0 Å². The van der Waals surface area contributed by atoms with Crippen molar-refractivity contribution in [1.29, 1.82) is 0 Å². The molecular weight excluding hydrogens is 334 g/mol. The topological polar surface area (TPSA) is 60.0 Å². The van der Waals surface area contributed by atoms with Crippen molar-refractivity contribution in [3.63, 3.8) is 0 Å². The number of ether oxygens (including phenoxy) is 2. The van der Waals surface area contributed by atoms with Crippen LogP contribution in [0.25, 0.3) is 11.4 Å². The van der Waals surface area contributed by atoms with Crippen LogP contribution < -0.4 is 9.47 Å². The van der Waals surface area contributed by atoms with Crippen LogP contribution in [-0.4, -0.2) is 34.7 Å². The van der Waals surface area contributed by atoms with Gasteiger partial charge in [-0.05, 0) is 36.2 Å². The monoisotopic (exact) mass is 355 g/mol. The van der Waals surface area contributed by atoms with Crippen LogP contribution in [0.2, 0.25) is 0 Å².